The van der Waals surface area contributed by atoms with Crippen molar-refractivity contribution in [3.8, 4) is 0 Å². The van der Waals surface area contributed by atoms with Crippen molar-refractivity contribution in [1.82, 2.24) is 0 Å². The van der Waals surface area contributed by atoms with Gasteiger partial charge < -0.3 is 10.5 Å². The molecule has 0 bridgehead atoms. The number of nitrogens with two attached hydrogens (primary N) is 1. The highest BCUT2D eigenvalue weighted by Crippen LogP contribution is 2.35. The SMILES string of the molecule is COCCS(=O)(=O)N1c2ccc(N)cc2CC1C. The molecule has 2 N–H and O–H groups in total. The normalized spacial score (nSPS) is 19.0. The van der Waals surface area contributed by atoms with Crippen molar-refractivity contribution in [1.29, 1.82) is 0 Å². The van der Waals surface area contributed by atoms with Gasteiger partial charge in [-0.3, -0.25) is 4.31 Å². The van der Waals surface area contributed by atoms with Gasteiger partial charge in [0, 0.05) is 18.8 Å². The molecule has 1 atom stereocenters. The number of benzene rings is 1. The van der Waals surface area contributed by atoms with Gasteiger partial charge in [-0.2, -0.15) is 0 Å². The largest absolute Gasteiger partial charge is 0.399 e. The number of anilines is 2. The van der Waals surface area contributed by atoms with Crippen LogP contribution >= 0.6 is 0 Å². The summed E-state index contributed by atoms with van der Waals surface area (Å²) in [5.41, 5.74) is 8.12. The highest BCUT2D eigenvalue weighted by molar-refractivity contribution is 7.92. The molecule has 0 saturated heterocycles. The summed E-state index contributed by atoms with van der Waals surface area (Å²) < 4.78 is 30.9. The Balaban J connectivity index is 2.36. The molecule has 0 aromatic heterocycles. The number of sulfonamides is 1. The lowest BCUT2D eigenvalue weighted by molar-refractivity contribution is 0.217. The van der Waals surface area contributed by atoms with Gasteiger partial charge in [0.25, 0.3) is 0 Å². The van der Waals surface area contributed by atoms with Gasteiger partial charge in [0.2, 0.25) is 10.0 Å². The van der Waals surface area contributed by atoms with Gasteiger partial charge in [-0.1, -0.05) is 0 Å². The zero-order valence-electron chi connectivity index (χ0n) is 10.6. The van der Waals surface area contributed by atoms with Crippen LogP contribution in [0.25, 0.3) is 0 Å². The maximum absolute atomic E-state index is 12.3. The van der Waals surface area contributed by atoms with Gasteiger partial charge in [0.15, 0.2) is 0 Å². The van der Waals surface area contributed by atoms with E-state index in [0.29, 0.717) is 12.1 Å². The molecule has 0 radical (unpaired) electrons. The zero-order valence-corrected chi connectivity index (χ0v) is 11.4. The monoisotopic (exact) mass is 270 g/mol. The first kappa shape index (κ1) is 13.2. The van der Waals surface area contributed by atoms with E-state index in [2.05, 4.69) is 0 Å². The fourth-order valence-corrected chi connectivity index (χ4v) is 4.01. The van der Waals surface area contributed by atoms with Crippen LogP contribution in [0.15, 0.2) is 18.2 Å². The summed E-state index contributed by atoms with van der Waals surface area (Å²) in [7, 11) is -1.83. The Kier molecular flexibility index (Phi) is 3.49. The molecule has 1 aromatic carbocycles. The first-order valence-corrected chi connectivity index (χ1v) is 7.46. The molecule has 0 saturated carbocycles. The first-order chi connectivity index (χ1) is 8.45. The van der Waals surface area contributed by atoms with Gasteiger partial charge in [0.1, 0.15) is 0 Å². The van der Waals surface area contributed by atoms with E-state index in [1.54, 1.807) is 12.1 Å². The molecule has 0 amide bonds. The lowest BCUT2D eigenvalue weighted by atomic mass is 10.1. The predicted molar refractivity (Wildman–Crippen MR) is 72.2 cm³/mol. The molecule has 18 heavy (non-hydrogen) atoms. The summed E-state index contributed by atoms with van der Waals surface area (Å²) in [5, 5.41) is 0. The molecule has 1 unspecified atom stereocenters. The van der Waals surface area contributed by atoms with Crippen LogP contribution < -0.4 is 10.0 Å². The van der Waals surface area contributed by atoms with E-state index in [1.165, 1.54) is 11.4 Å². The number of fused-ring (bicyclic) bond motifs is 1. The molecule has 1 aliphatic rings. The van der Waals surface area contributed by atoms with Gasteiger partial charge >= 0.3 is 0 Å². The number of nitrogens with zero attached hydrogens (tertiary/aromatic N) is 1. The third kappa shape index (κ3) is 2.30. The lowest BCUT2D eigenvalue weighted by Crippen LogP contribution is -2.38. The van der Waals surface area contributed by atoms with Crippen molar-refractivity contribution in [3.63, 3.8) is 0 Å². The van der Waals surface area contributed by atoms with Crippen molar-refractivity contribution in [2.75, 3.05) is 29.5 Å². The second kappa shape index (κ2) is 4.78. The smallest absolute Gasteiger partial charge is 0.237 e. The Morgan fingerprint density at radius 1 is 1.50 bits per heavy atom. The maximum Gasteiger partial charge on any atom is 0.237 e. The van der Waals surface area contributed by atoms with Crippen LogP contribution in [-0.4, -0.2) is 33.9 Å². The summed E-state index contributed by atoms with van der Waals surface area (Å²) in [6.45, 7) is 2.11. The number of hydrogen-bond acceptors (Lipinski definition) is 4. The molecule has 0 aliphatic carbocycles. The minimum absolute atomic E-state index is 0.00232. The third-order valence-electron chi connectivity index (χ3n) is 3.10. The average Bonchev–Trinajstić information content (AvgIpc) is 2.62. The summed E-state index contributed by atoms with van der Waals surface area (Å²) in [6.07, 6.45) is 0.701. The molecule has 6 heteroatoms. The van der Waals surface area contributed by atoms with E-state index in [-0.39, 0.29) is 18.4 Å². The van der Waals surface area contributed by atoms with E-state index in [1.807, 2.05) is 13.0 Å². The third-order valence-corrected chi connectivity index (χ3v) is 4.94. The molecule has 100 valence electrons. The van der Waals surface area contributed by atoms with E-state index >= 15 is 0 Å². The van der Waals surface area contributed by atoms with Crippen LogP contribution in [-0.2, 0) is 21.2 Å². The second-order valence-electron chi connectivity index (χ2n) is 4.55. The maximum atomic E-state index is 12.3. The fraction of sp³-hybridized carbons (Fsp3) is 0.500. The highest BCUT2D eigenvalue weighted by Gasteiger charge is 2.34. The Morgan fingerprint density at radius 3 is 2.89 bits per heavy atom. The van der Waals surface area contributed by atoms with E-state index < -0.39 is 10.0 Å². The van der Waals surface area contributed by atoms with Crippen LogP contribution in [0.3, 0.4) is 0 Å². The standard InChI is InChI=1S/C12H18N2O3S/c1-9-7-10-8-11(13)3-4-12(10)14(9)18(15,16)6-5-17-2/h3-4,8-9H,5-7,13H2,1-2H3. The van der Waals surface area contributed by atoms with Crippen LogP contribution in [0.4, 0.5) is 11.4 Å². The Morgan fingerprint density at radius 2 is 2.22 bits per heavy atom. The van der Waals surface area contributed by atoms with Crippen molar-refractivity contribution in [2.45, 2.75) is 19.4 Å². The van der Waals surface area contributed by atoms with Crippen LogP contribution in [0.1, 0.15) is 12.5 Å². The summed E-state index contributed by atoms with van der Waals surface area (Å²) in [5.74, 6) is -0.00232. The van der Waals surface area contributed by atoms with Gasteiger partial charge in [-0.15, -0.1) is 0 Å². The number of nitrogen functional groups attached to an aromatic ring is 1. The van der Waals surface area contributed by atoms with Crippen LogP contribution in [0.5, 0.6) is 0 Å². The van der Waals surface area contributed by atoms with Crippen LogP contribution in [0, 0.1) is 0 Å². The van der Waals surface area contributed by atoms with Gasteiger partial charge in [-0.05, 0) is 37.1 Å². The molecule has 1 heterocycles. The Bertz CT molecular complexity index is 542. The molecule has 0 fully saturated rings. The number of ether oxygens (including phenoxy) is 1. The highest BCUT2D eigenvalue weighted by atomic mass is 32.2. The van der Waals surface area contributed by atoms with E-state index in [4.69, 9.17) is 10.5 Å². The summed E-state index contributed by atoms with van der Waals surface area (Å²) in [4.78, 5) is 0. The minimum atomic E-state index is -3.33. The Hall–Kier alpha value is -1.27. The van der Waals surface area contributed by atoms with Gasteiger partial charge in [-0.25, -0.2) is 8.42 Å². The summed E-state index contributed by atoms with van der Waals surface area (Å²) in [6, 6.07) is 5.29. The number of methoxy groups -OCH3 is 1. The molecule has 2 rings (SSSR count). The van der Waals surface area contributed by atoms with Crippen molar-refractivity contribution in [2.24, 2.45) is 0 Å². The molecule has 0 spiro atoms. The molecular weight excluding hydrogens is 252 g/mol. The van der Waals surface area contributed by atoms with Crippen molar-refractivity contribution in [3.05, 3.63) is 23.8 Å². The van der Waals surface area contributed by atoms with Gasteiger partial charge in [0.05, 0.1) is 18.0 Å². The lowest BCUT2D eigenvalue weighted by Gasteiger charge is -2.24. The predicted octanol–water partition coefficient (Wildman–Crippen LogP) is 0.996. The molecule has 1 aromatic rings. The van der Waals surface area contributed by atoms with Crippen LogP contribution in [0.2, 0.25) is 0 Å². The van der Waals surface area contributed by atoms with Crippen molar-refractivity contribution >= 4 is 21.4 Å². The topological polar surface area (TPSA) is 72.6 Å². The molecule has 5 nitrogen and oxygen atoms in total. The van der Waals surface area contributed by atoms with E-state index in [0.717, 1.165) is 11.3 Å². The fourth-order valence-electron chi connectivity index (χ4n) is 2.33. The second-order valence-corrected chi connectivity index (χ2v) is 6.51. The molecular formula is C12H18N2O3S. The number of hydrogen-bond donors (Lipinski definition) is 1. The number of rotatable bonds is 4. The zero-order chi connectivity index (χ0) is 13.3. The average molecular weight is 270 g/mol. The Labute approximate surface area is 108 Å². The molecule has 1 aliphatic heterocycles. The van der Waals surface area contributed by atoms with E-state index in [9.17, 15) is 8.42 Å². The minimum Gasteiger partial charge on any atom is -0.399 e. The van der Waals surface area contributed by atoms with Crippen molar-refractivity contribution < 1.29 is 13.2 Å². The first-order valence-electron chi connectivity index (χ1n) is 5.85. The quantitative estimate of drug-likeness (QED) is 0.828. The summed E-state index contributed by atoms with van der Waals surface area (Å²) >= 11 is 0.